The average Bonchev–Trinajstić information content (AvgIpc) is 2.86. The zero-order valence-electron chi connectivity index (χ0n) is 14.7. The van der Waals surface area contributed by atoms with Crippen LogP contribution >= 0.6 is 0 Å². The Hall–Kier alpha value is -1.96. The molecule has 0 aromatic carbocycles. The molecule has 0 spiro atoms. The summed E-state index contributed by atoms with van der Waals surface area (Å²) in [6.45, 7) is 8.63. The molecule has 0 fully saturated rings. The molecule has 1 N–H and O–H groups in total. The van der Waals surface area contributed by atoms with Gasteiger partial charge in [-0.2, -0.15) is 0 Å². The average molecular weight is 338 g/mol. The first kappa shape index (κ1) is 18.4. The number of carbonyl (C=O) groups excluding carboxylic acids is 1. The Morgan fingerprint density at radius 3 is 2.67 bits per heavy atom. The lowest BCUT2D eigenvalue weighted by molar-refractivity contribution is -0.153. The van der Waals surface area contributed by atoms with Crippen molar-refractivity contribution in [3.8, 4) is 0 Å². The molecular formula is C16H26N4O4. The topological polar surface area (TPSA) is 97.5 Å². The molecule has 1 amide bonds. The summed E-state index contributed by atoms with van der Waals surface area (Å²) in [5.41, 5.74) is 0. The molecule has 0 aliphatic carbocycles. The predicted octanol–water partition coefficient (Wildman–Crippen LogP) is 1.22. The minimum atomic E-state index is -1.02. The van der Waals surface area contributed by atoms with E-state index in [9.17, 15) is 14.7 Å². The van der Waals surface area contributed by atoms with Gasteiger partial charge in [0.25, 0.3) is 0 Å². The minimum absolute atomic E-state index is 0.0835. The molecule has 134 valence electrons. The molecule has 0 bridgehead atoms. The number of ether oxygens (including phenoxy) is 1. The van der Waals surface area contributed by atoms with Gasteiger partial charge in [0.1, 0.15) is 11.9 Å². The molecule has 1 aliphatic heterocycles. The Kier molecular flexibility index (Phi) is 5.93. The van der Waals surface area contributed by atoms with Crippen molar-refractivity contribution in [3.63, 3.8) is 0 Å². The number of amides is 1. The molecule has 8 heteroatoms. The van der Waals surface area contributed by atoms with Gasteiger partial charge in [-0.25, -0.2) is 4.79 Å². The fourth-order valence-electron chi connectivity index (χ4n) is 3.01. The second kappa shape index (κ2) is 7.74. The van der Waals surface area contributed by atoms with Crippen LogP contribution in [0.5, 0.6) is 0 Å². The first-order valence-electron chi connectivity index (χ1n) is 8.32. The number of carbonyl (C=O) groups is 2. The fraction of sp³-hybridized carbons (Fsp3) is 0.750. The van der Waals surface area contributed by atoms with Crippen LogP contribution in [0.1, 0.15) is 45.3 Å². The third-order valence-corrected chi connectivity index (χ3v) is 4.18. The van der Waals surface area contributed by atoms with Gasteiger partial charge in [-0.15, -0.1) is 10.2 Å². The van der Waals surface area contributed by atoms with Gasteiger partial charge in [0.05, 0.1) is 32.2 Å². The maximum absolute atomic E-state index is 12.5. The van der Waals surface area contributed by atoms with Crippen LogP contribution in [0.3, 0.4) is 0 Å². The molecule has 0 radical (unpaired) electrons. The van der Waals surface area contributed by atoms with Gasteiger partial charge >= 0.3 is 5.97 Å². The van der Waals surface area contributed by atoms with Crippen molar-refractivity contribution in [2.24, 2.45) is 5.92 Å². The molecule has 2 rings (SSSR count). The van der Waals surface area contributed by atoms with Gasteiger partial charge < -0.3 is 19.3 Å². The number of carboxylic acid groups (broad SMARTS) is 1. The minimum Gasteiger partial charge on any atom is -0.480 e. The number of fused-ring (bicyclic) bond motifs is 1. The summed E-state index contributed by atoms with van der Waals surface area (Å²) >= 11 is 0. The molecule has 24 heavy (non-hydrogen) atoms. The van der Waals surface area contributed by atoms with E-state index in [4.69, 9.17) is 4.74 Å². The Balaban J connectivity index is 1.96. The summed E-state index contributed by atoms with van der Waals surface area (Å²) in [6, 6.07) is -0.896. The first-order valence-corrected chi connectivity index (χ1v) is 8.32. The molecule has 1 aliphatic rings. The number of aromatic nitrogens is 3. The van der Waals surface area contributed by atoms with E-state index >= 15 is 0 Å². The summed E-state index contributed by atoms with van der Waals surface area (Å²) in [5.74, 6) is 0.563. The van der Waals surface area contributed by atoms with Crippen LogP contribution in [0, 0.1) is 12.8 Å². The number of hydrogen-bond donors (Lipinski definition) is 1. The number of carboxylic acids is 1. The fourth-order valence-corrected chi connectivity index (χ4v) is 3.01. The number of aryl methyl sites for hydroxylation is 1. The van der Waals surface area contributed by atoms with Crippen LogP contribution in [0.25, 0.3) is 0 Å². The standard InChI is InChI=1S/C16H26N4O4/c1-10(2)7-11(3)24-6-5-15(21)20-9-14-18-17-12(4)19(14)8-13(20)16(22)23/h10-11,13H,5-9H2,1-4H3,(H,22,23). The monoisotopic (exact) mass is 338 g/mol. The zero-order valence-corrected chi connectivity index (χ0v) is 14.7. The van der Waals surface area contributed by atoms with E-state index < -0.39 is 12.0 Å². The van der Waals surface area contributed by atoms with Gasteiger partial charge in [0, 0.05) is 0 Å². The highest BCUT2D eigenvalue weighted by Crippen LogP contribution is 2.19. The zero-order chi connectivity index (χ0) is 17.9. The number of aliphatic carboxylic acids is 1. The Morgan fingerprint density at radius 1 is 1.33 bits per heavy atom. The van der Waals surface area contributed by atoms with Crippen molar-refractivity contribution < 1.29 is 19.4 Å². The lowest BCUT2D eigenvalue weighted by Gasteiger charge is -2.33. The third-order valence-electron chi connectivity index (χ3n) is 4.18. The second-order valence-corrected chi connectivity index (χ2v) is 6.71. The molecular weight excluding hydrogens is 312 g/mol. The van der Waals surface area contributed by atoms with Crippen LogP contribution in [-0.4, -0.2) is 55.4 Å². The van der Waals surface area contributed by atoms with Gasteiger partial charge in [-0.1, -0.05) is 13.8 Å². The van der Waals surface area contributed by atoms with E-state index in [-0.39, 0.29) is 31.5 Å². The van der Waals surface area contributed by atoms with Crippen molar-refractivity contribution >= 4 is 11.9 Å². The van der Waals surface area contributed by atoms with E-state index in [1.807, 2.05) is 6.92 Å². The third kappa shape index (κ3) is 4.31. The number of nitrogens with zero attached hydrogens (tertiary/aromatic N) is 4. The van der Waals surface area contributed by atoms with Crippen molar-refractivity contribution in [1.82, 2.24) is 19.7 Å². The number of rotatable bonds is 7. The van der Waals surface area contributed by atoms with E-state index in [2.05, 4.69) is 24.0 Å². The largest absolute Gasteiger partial charge is 0.480 e. The highest BCUT2D eigenvalue weighted by atomic mass is 16.5. The van der Waals surface area contributed by atoms with Gasteiger partial charge in [-0.3, -0.25) is 4.79 Å². The molecule has 0 saturated carbocycles. The van der Waals surface area contributed by atoms with Gasteiger partial charge in [0.15, 0.2) is 5.82 Å². The molecule has 1 aromatic heterocycles. The first-order chi connectivity index (χ1) is 11.3. The smallest absolute Gasteiger partial charge is 0.328 e. The van der Waals surface area contributed by atoms with Gasteiger partial charge in [-0.05, 0) is 26.2 Å². The van der Waals surface area contributed by atoms with Crippen molar-refractivity contribution in [1.29, 1.82) is 0 Å². The van der Waals surface area contributed by atoms with Crippen molar-refractivity contribution in [3.05, 3.63) is 11.6 Å². The quantitative estimate of drug-likeness (QED) is 0.803. The Bertz CT molecular complexity index is 599. The summed E-state index contributed by atoms with van der Waals surface area (Å²) in [7, 11) is 0. The van der Waals surface area contributed by atoms with Crippen molar-refractivity contribution in [2.75, 3.05) is 6.61 Å². The Labute approximate surface area is 141 Å². The van der Waals surface area contributed by atoms with Gasteiger partial charge in [0.2, 0.25) is 5.91 Å². The molecule has 2 unspecified atom stereocenters. The van der Waals surface area contributed by atoms with Crippen LogP contribution in [-0.2, 0) is 27.4 Å². The normalized spacial score (nSPS) is 18.5. The van der Waals surface area contributed by atoms with Crippen LogP contribution in [0.4, 0.5) is 0 Å². The van der Waals surface area contributed by atoms with Crippen LogP contribution in [0.15, 0.2) is 0 Å². The summed E-state index contributed by atoms with van der Waals surface area (Å²) in [6.07, 6.45) is 1.18. The lowest BCUT2D eigenvalue weighted by Crippen LogP contribution is -2.51. The maximum atomic E-state index is 12.5. The molecule has 2 atom stereocenters. The molecule has 8 nitrogen and oxygen atoms in total. The lowest BCUT2D eigenvalue weighted by atomic mass is 10.1. The highest BCUT2D eigenvalue weighted by Gasteiger charge is 2.36. The maximum Gasteiger partial charge on any atom is 0.328 e. The second-order valence-electron chi connectivity index (χ2n) is 6.71. The molecule has 2 heterocycles. The summed E-state index contributed by atoms with van der Waals surface area (Å²) < 4.78 is 7.41. The predicted molar refractivity (Wildman–Crippen MR) is 86.2 cm³/mol. The Morgan fingerprint density at radius 2 is 2.04 bits per heavy atom. The number of hydrogen-bond acceptors (Lipinski definition) is 5. The van der Waals surface area contributed by atoms with E-state index in [0.29, 0.717) is 24.2 Å². The van der Waals surface area contributed by atoms with E-state index in [0.717, 1.165) is 6.42 Å². The van der Waals surface area contributed by atoms with Crippen molar-refractivity contribution in [2.45, 2.75) is 65.8 Å². The van der Waals surface area contributed by atoms with Crippen LogP contribution in [0.2, 0.25) is 0 Å². The van der Waals surface area contributed by atoms with E-state index in [1.54, 1.807) is 11.5 Å². The highest BCUT2D eigenvalue weighted by molar-refractivity contribution is 5.83. The summed E-state index contributed by atoms with van der Waals surface area (Å²) in [5, 5.41) is 17.4. The molecule has 1 aromatic rings. The molecule has 0 saturated heterocycles. The van der Waals surface area contributed by atoms with E-state index in [1.165, 1.54) is 4.90 Å². The SMILES string of the molecule is Cc1nnc2n1CC(C(=O)O)N(C(=O)CCOC(C)CC(C)C)C2. The summed E-state index contributed by atoms with van der Waals surface area (Å²) in [4.78, 5) is 25.4. The van der Waals surface area contributed by atoms with Crippen LogP contribution < -0.4 is 0 Å².